The molecule has 6 heteroatoms. The summed E-state index contributed by atoms with van der Waals surface area (Å²) in [6.45, 7) is 12.1. The van der Waals surface area contributed by atoms with E-state index in [1.54, 1.807) is 44.4 Å². The molecule has 0 bridgehead atoms. The number of hydrogen-bond acceptors (Lipinski definition) is 5. The molecule has 0 saturated heterocycles. The van der Waals surface area contributed by atoms with E-state index in [1.165, 1.54) is 5.56 Å². The molecule has 1 amide bonds. The van der Waals surface area contributed by atoms with Gasteiger partial charge in [0.25, 0.3) is 5.91 Å². The maximum absolute atomic E-state index is 13.2. The fraction of sp³-hybridized carbons (Fsp3) is 0.367. The molecule has 4 rings (SSSR count). The van der Waals surface area contributed by atoms with Crippen LogP contribution < -0.4 is 10.1 Å². The van der Waals surface area contributed by atoms with Crippen molar-refractivity contribution < 1.29 is 18.7 Å². The Morgan fingerprint density at radius 1 is 1.08 bits per heavy atom. The number of aliphatic imine (C=N–C) groups is 1. The molecule has 3 aromatic rings. The van der Waals surface area contributed by atoms with Gasteiger partial charge in [0.2, 0.25) is 0 Å². The van der Waals surface area contributed by atoms with E-state index in [0.29, 0.717) is 22.6 Å². The molecular weight excluding hydrogens is 452 g/mol. The Morgan fingerprint density at radius 2 is 1.78 bits per heavy atom. The van der Waals surface area contributed by atoms with Crippen LogP contribution in [0.25, 0.3) is 0 Å². The number of methoxy groups -OCH3 is 1. The van der Waals surface area contributed by atoms with Crippen LogP contribution >= 0.6 is 0 Å². The maximum atomic E-state index is 13.2. The first-order chi connectivity index (χ1) is 16.9. The molecule has 0 saturated carbocycles. The molecule has 36 heavy (non-hydrogen) atoms. The first kappa shape index (κ1) is 25.4. The predicted octanol–water partition coefficient (Wildman–Crippen LogP) is 6.54. The van der Waals surface area contributed by atoms with Crippen LogP contribution in [-0.4, -0.2) is 30.1 Å². The number of aryl methyl sites for hydroxylation is 1. The fourth-order valence-electron chi connectivity index (χ4n) is 4.44. The Hall–Kier alpha value is -3.67. The number of nitrogens with zero attached hydrogens (tertiary/aromatic N) is 1. The van der Waals surface area contributed by atoms with E-state index in [9.17, 15) is 9.59 Å². The molecule has 188 valence electrons. The van der Waals surface area contributed by atoms with Gasteiger partial charge in [0.1, 0.15) is 17.3 Å². The number of fused-ring (bicyclic) bond motifs is 1. The Kier molecular flexibility index (Phi) is 6.65. The third kappa shape index (κ3) is 5.43. The molecule has 6 nitrogen and oxygen atoms in total. The first-order valence-corrected chi connectivity index (χ1v) is 12.2. The fourth-order valence-corrected chi connectivity index (χ4v) is 4.44. The second-order valence-electron chi connectivity index (χ2n) is 11.0. The summed E-state index contributed by atoms with van der Waals surface area (Å²) < 4.78 is 11.2. The van der Waals surface area contributed by atoms with Gasteiger partial charge in [-0.05, 0) is 75.2 Å². The number of Topliss-reactive ketones (excluding diaryl/α,β-unsaturated/α-hetero) is 1. The van der Waals surface area contributed by atoms with Crippen molar-refractivity contribution in [2.45, 2.75) is 65.3 Å². The summed E-state index contributed by atoms with van der Waals surface area (Å²) in [5, 5.41) is 2.90. The van der Waals surface area contributed by atoms with Gasteiger partial charge >= 0.3 is 0 Å². The first-order valence-electron chi connectivity index (χ1n) is 12.2. The Labute approximate surface area is 212 Å². The van der Waals surface area contributed by atoms with Crippen LogP contribution in [0.1, 0.15) is 84.4 Å². The van der Waals surface area contributed by atoms with Crippen molar-refractivity contribution in [2.75, 3.05) is 12.4 Å². The van der Waals surface area contributed by atoms with Gasteiger partial charge in [-0.2, -0.15) is 0 Å². The summed E-state index contributed by atoms with van der Waals surface area (Å²) >= 11 is 0. The summed E-state index contributed by atoms with van der Waals surface area (Å²) in [6, 6.07) is 14.7. The van der Waals surface area contributed by atoms with Gasteiger partial charge in [0, 0.05) is 22.2 Å². The van der Waals surface area contributed by atoms with Gasteiger partial charge in [-0.15, -0.1) is 0 Å². The van der Waals surface area contributed by atoms with Crippen LogP contribution in [0.2, 0.25) is 0 Å². The zero-order valence-corrected chi connectivity index (χ0v) is 22.1. The molecule has 1 N–H and O–H groups in total. The number of nitrogens with one attached hydrogen (secondary N) is 1. The van der Waals surface area contributed by atoms with Crippen LogP contribution in [-0.2, 0) is 11.8 Å². The molecule has 0 unspecified atom stereocenters. The number of ketones is 1. The largest absolute Gasteiger partial charge is 0.497 e. The lowest BCUT2D eigenvalue weighted by molar-refractivity contribution is 0.0998. The molecule has 0 radical (unpaired) electrons. The molecule has 0 spiro atoms. The van der Waals surface area contributed by atoms with Gasteiger partial charge in [0.15, 0.2) is 5.78 Å². The van der Waals surface area contributed by atoms with Crippen molar-refractivity contribution in [3.8, 4) is 5.75 Å². The summed E-state index contributed by atoms with van der Waals surface area (Å²) in [5.74, 6) is 1.82. The second kappa shape index (κ2) is 9.41. The highest BCUT2D eigenvalue weighted by atomic mass is 16.5. The molecule has 1 aromatic heterocycles. The number of benzene rings is 2. The van der Waals surface area contributed by atoms with Crippen molar-refractivity contribution in [3.05, 3.63) is 82.3 Å². The Bertz CT molecular complexity index is 1340. The number of anilines is 1. The van der Waals surface area contributed by atoms with E-state index in [1.807, 2.05) is 32.9 Å². The van der Waals surface area contributed by atoms with Crippen LogP contribution in [0, 0.1) is 6.92 Å². The highest BCUT2D eigenvalue weighted by Gasteiger charge is 2.28. The van der Waals surface area contributed by atoms with Crippen LogP contribution in [0.5, 0.6) is 5.75 Å². The Balaban J connectivity index is 1.49. The van der Waals surface area contributed by atoms with Gasteiger partial charge in [-0.25, -0.2) is 0 Å². The highest BCUT2D eigenvalue weighted by Crippen LogP contribution is 2.31. The molecule has 0 atom stereocenters. The van der Waals surface area contributed by atoms with Gasteiger partial charge in [-0.1, -0.05) is 26.8 Å². The minimum absolute atomic E-state index is 0.0291. The zero-order valence-electron chi connectivity index (χ0n) is 22.1. The van der Waals surface area contributed by atoms with E-state index in [0.717, 1.165) is 29.2 Å². The quantitative estimate of drug-likeness (QED) is 0.401. The number of furan rings is 1. The standard InChI is InChI=1S/C30H34N2O4/c1-18-23(15-27(36-18)29(2,3)4)28(34)31-21-11-8-19(9-12-21)26(33)16-25-24-14-22(35-7)13-10-20(24)17-30(5,6)32-25/h8-15H,16-17H2,1-7H3,(H,31,34). The van der Waals surface area contributed by atoms with E-state index in [-0.39, 0.29) is 29.1 Å². The second-order valence-corrected chi connectivity index (χ2v) is 11.0. The van der Waals surface area contributed by atoms with E-state index < -0.39 is 0 Å². The van der Waals surface area contributed by atoms with Gasteiger partial charge < -0.3 is 14.5 Å². The number of rotatable bonds is 6. The predicted molar refractivity (Wildman–Crippen MR) is 143 cm³/mol. The number of hydrogen-bond donors (Lipinski definition) is 1. The average Bonchev–Trinajstić information content (AvgIpc) is 3.21. The summed E-state index contributed by atoms with van der Waals surface area (Å²) in [6.07, 6.45) is 1.00. The molecule has 0 aliphatic carbocycles. The van der Waals surface area contributed by atoms with Crippen LogP contribution in [0.15, 0.2) is 57.9 Å². The van der Waals surface area contributed by atoms with Crippen molar-refractivity contribution >= 4 is 23.1 Å². The summed E-state index contributed by atoms with van der Waals surface area (Å²) in [7, 11) is 1.63. The lowest BCUT2D eigenvalue weighted by Gasteiger charge is -2.29. The number of carbonyl (C=O) groups excluding carboxylic acids is 2. The highest BCUT2D eigenvalue weighted by molar-refractivity contribution is 6.17. The van der Waals surface area contributed by atoms with Gasteiger partial charge in [0.05, 0.1) is 30.3 Å². The smallest absolute Gasteiger partial charge is 0.259 e. The number of ether oxygens (including phenoxy) is 1. The van der Waals surface area contributed by atoms with Crippen LogP contribution in [0.4, 0.5) is 5.69 Å². The van der Waals surface area contributed by atoms with Crippen molar-refractivity contribution in [1.29, 1.82) is 0 Å². The summed E-state index contributed by atoms with van der Waals surface area (Å²) in [5.41, 5.74) is 4.13. The maximum Gasteiger partial charge on any atom is 0.259 e. The molecule has 1 aliphatic heterocycles. The van der Waals surface area contributed by atoms with Gasteiger partial charge in [-0.3, -0.25) is 14.6 Å². The molecule has 2 heterocycles. The minimum atomic E-state index is -0.274. The summed E-state index contributed by atoms with van der Waals surface area (Å²) in [4.78, 5) is 30.9. The van der Waals surface area contributed by atoms with E-state index in [4.69, 9.17) is 14.1 Å². The lowest BCUT2D eigenvalue weighted by atomic mass is 9.85. The average molecular weight is 487 g/mol. The van der Waals surface area contributed by atoms with Crippen LogP contribution in [0.3, 0.4) is 0 Å². The molecule has 2 aromatic carbocycles. The zero-order chi connectivity index (χ0) is 26.3. The molecule has 1 aliphatic rings. The molecular formula is C30H34N2O4. The SMILES string of the molecule is COc1ccc2c(c1)C(CC(=O)c1ccc(NC(=O)c3cc(C(C)(C)C)oc3C)cc1)=NC(C)(C)C2. The van der Waals surface area contributed by atoms with Crippen molar-refractivity contribution in [2.24, 2.45) is 4.99 Å². The Morgan fingerprint density at radius 3 is 2.39 bits per heavy atom. The normalized spacial score (nSPS) is 14.6. The molecule has 0 fully saturated rings. The number of carbonyl (C=O) groups is 2. The third-order valence-electron chi connectivity index (χ3n) is 6.38. The topological polar surface area (TPSA) is 80.9 Å². The van der Waals surface area contributed by atoms with E-state index in [2.05, 4.69) is 25.2 Å². The minimum Gasteiger partial charge on any atom is -0.497 e. The van der Waals surface area contributed by atoms with E-state index >= 15 is 0 Å². The van der Waals surface area contributed by atoms with Crippen molar-refractivity contribution in [3.63, 3.8) is 0 Å². The number of amides is 1. The van der Waals surface area contributed by atoms with Crippen molar-refractivity contribution in [1.82, 2.24) is 0 Å². The monoisotopic (exact) mass is 486 g/mol. The lowest BCUT2D eigenvalue weighted by Crippen LogP contribution is -2.30. The third-order valence-corrected chi connectivity index (χ3v) is 6.38.